The molecule has 2 unspecified atom stereocenters. The Balaban J connectivity index is 1.48. The fraction of sp³-hybridized carbons (Fsp3) is 0.304. The molecule has 6 heteroatoms. The topological polar surface area (TPSA) is 49.8 Å². The number of rotatable bonds is 3. The molecule has 3 aromatic rings. The molecular formula is C23H25FN4O. The maximum absolute atomic E-state index is 13.3. The van der Waals surface area contributed by atoms with Crippen molar-refractivity contribution in [2.24, 2.45) is 4.99 Å². The van der Waals surface area contributed by atoms with Crippen molar-refractivity contribution in [1.29, 1.82) is 0 Å². The van der Waals surface area contributed by atoms with Gasteiger partial charge in [-0.05, 0) is 36.2 Å². The number of hydrogen-bond acceptors (Lipinski definition) is 3. The Bertz CT molecular complexity index is 1000. The number of aromatic nitrogens is 1. The molecule has 4 rings (SSSR count). The average Bonchev–Trinajstić information content (AvgIpc) is 2.74. The summed E-state index contributed by atoms with van der Waals surface area (Å²) in [5.41, 5.74) is 3.09. The molecule has 2 heterocycles. The van der Waals surface area contributed by atoms with Gasteiger partial charge in [0, 0.05) is 31.7 Å². The third kappa shape index (κ3) is 4.38. The van der Waals surface area contributed by atoms with Crippen molar-refractivity contribution in [3.8, 4) is 0 Å². The SMILES string of the molecule is CN=C(NCc1cccc2cccnc12)N1CC(C)OC(c2ccc(F)cc2)C1. The van der Waals surface area contributed by atoms with Gasteiger partial charge in [0.05, 0.1) is 18.2 Å². The standard InChI is InChI=1S/C23H25FN4O/c1-16-14-28(15-21(29-16)17-8-10-20(24)11-9-17)23(25-2)27-13-19-6-3-5-18-7-4-12-26-22(18)19/h3-12,16,21H,13-15H2,1-2H3,(H,25,27). The zero-order valence-corrected chi connectivity index (χ0v) is 16.7. The van der Waals surface area contributed by atoms with Gasteiger partial charge in [0.1, 0.15) is 11.9 Å². The molecule has 0 radical (unpaired) electrons. The fourth-order valence-corrected chi connectivity index (χ4v) is 3.80. The maximum atomic E-state index is 13.3. The summed E-state index contributed by atoms with van der Waals surface area (Å²) in [5, 5.41) is 4.59. The summed E-state index contributed by atoms with van der Waals surface area (Å²) >= 11 is 0. The van der Waals surface area contributed by atoms with Crippen LogP contribution in [0, 0.1) is 5.82 Å². The van der Waals surface area contributed by atoms with E-state index in [0.717, 1.165) is 34.5 Å². The first kappa shape index (κ1) is 19.3. The normalized spacial score (nSPS) is 20.1. The first-order valence-electron chi connectivity index (χ1n) is 9.83. The van der Waals surface area contributed by atoms with Crippen molar-refractivity contribution in [3.05, 3.63) is 77.7 Å². The number of morpholine rings is 1. The van der Waals surface area contributed by atoms with Crippen LogP contribution in [0.5, 0.6) is 0 Å². The monoisotopic (exact) mass is 392 g/mol. The first-order valence-corrected chi connectivity index (χ1v) is 9.83. The summed E-state index contributed by atoms with van der Waals surface area (Å²) in [6, 6.07) is 16.7. The van der Waals surface area contributed by atoms with Crippen molar-refractivity contribution in [3.63, 3.8) is 0 Å². The van der Waals surface area contributed by atoms with Crippen molar-refractivity contribution < 1.29 is 9.13 Å². The van der Waals surface area contributed by atoms with Gasteiger partial charge in [-0.2, -0.15) is 0 Å². The number of aliphatic imine (C=N–C) groups is 1. The van der Waals surface area contributed by atoms with Gasteiger partial charge in [-0.15, -0.1) is 0 Å². The van der Waals surface area contributed by atoms with Gasteiger partial charge < -0.3 is 15.0 Å². The second-order valence-corrected chi connectivity index (χ2v) is 7.28. The molecule has 1 fully saturated rings. The Morgan fingerprint density at radius 2 is 1.97 bits per heavy atom. The van der Waals surface area contributed by atoms with Crippen LogP contribution in [0.1, 0.15) is 24.2 Å². The molecule has 29 heavy (non-hydrogen) atoms. The van der Waals surface area contributed by atoms with Gasteiger partial charge in [0.15, 0.2) is 5.96 Å². The quantitative estimate of drug-likeness (QED) is 0.542. The summed E-state index contributed by atoms with van der Waals surface area (Å²) in [6.07, 6.45) is 1.73. The summed E-state index contributed by atoms with van der Waals surface area (Å²) in [7, 11) is 1.79. The van der Waals surface area contributed by atoms with Gasteiger partial charge in [-0.3, -0.25) is 9.98 Å². The van der Waals surface area contributed by atoms with Crippen LogP contribution in [0.3, 0.4) is 0 Å². The van der Waals surface area contributed by atoms with E-state index >= 15 is 0 Å². The largest absolute Gasteiger partial charge is 0.367 e. The van der Waals surface area contributed by atoms with Crippen LogP contribution in [0.15, 0.2) is 65.8 Å². The lowest BCUT2D eigenvalue weighted by molar-refractivity contribution is -0.0605. The number of halogens is 1. The Labute approximate surface area is 170 Å². The molecule has 0 saturated carbocycles. The van der Waals surface area contributed by atoms with Crippen LogP contribution in [0.4, 0.5) is 4.39 Å². The number of nitrogens with zero attached hydrogens (tertiary/aromatic N) is 3. The predicted molar refractivity (Wildman–Crippen MR) is 113 cm³/mol. The Kier molecular flexibility index (Phi) is 5.71. The van der Waals surface area contributed by atoms with E-state index in [0.29, 0.717) is 13.1 Å². The lowest BCUT2D eigenvalue weighted by Gasteiger charge is -2.38. The maximum Gasteiger partial charge on any atom is 0.194 e. The molecule has 0 amide bonds. The van der Waals surface area contributed by atoms with Crippen LogP contribution >= 0.6 is 0 Å². The van der Waals surface area contributed by atoms with Crippen LogP contribution in [0.2, 0.25) is 0 Å². The highest BCUT2D eigenvalue weighted by Crippen LogP contribution is 2.25. The van der Waals surface area contributed by atoms with Crippen molar-refractivity contribution in [2.45, 2.75) is 25.7 Å². The van der Waals surface area contributed by atoms with Crippen LogP contribution in [-0.4, -0.2) is 42.1 Å². The predicted octanol–water partition coefficient (Wildman–Crippen LogP) is 3.91. The number of ether oxygens (including phenoxy) is 1. The Morgan fingerprint density at radius 3 is 2.76 bits per heavy atom. The molecule has 0 bridgehead atoms. The number of guanidine groups is 1. The van der Waals surface area contributed by atoms with E-state index in [9.17, 15) is 4.39 Å². The molecular weight excluding hydrogens is 367 g/mol. The number of nitrogens with one attached hydrogen (secondary N) is 1. The van der Waals surface area contributed by atoms with Gasteiger partial charge >= 0.3 is 0 Å². The third-order valence-corrected chi connectivity index (χ3v) is 5.17. The minimum Gasteiger partial charge on any atom is -0.367 e. The third-order valence-electron chi connectivity index (χ3n) is 5.17. The molecule has 2 aromatic carbocycles. The summed E-state index contributed by atoms with van der Waals surface area (Å²) in [5.74, 6) is 0.579. The number of hydrogen-bond donors (Lipinski definition) is 1. The second kappa shape index (κ2) is 8.57. The van der Waals surface area contributed by atoms with E-state index in [1.165, 1.54) is 12.1 Å². The smallest absolute Gasteiger partial charge is 0.194 e. The highest BCUT2D eigenvalue weighted by molar-refractivity contribution is 5.83. The Morgan fingerprint density at radius 1 is 1.17 bits per heavy atom. The van der Waals surface area contributed by atoms with E-state index in [1.807, 2.05) is 25.3 Å². The average molecular weight is 392 g/mol. The summed E-state index contributed by atoms with van der Waals surface area (Å²) in [4.78, 5) is 11.2. The molecule has 1 saturated heterocycles. The summed E-state index contributed by atoms with van der Waals surface area (Å²) < 4.78 is 19.4. The lowest BCUT2D eigenvalue weighted by atomic mass is 10.1. The zero-order valence-electron chi connectivity index (χ0n) is 16.7. The van der Waals surface area contributed by atoms with Crippen LogP contribution in [0.25, 0.3) is 10.9 Å². The second-order valence-electron chi connectivity index (χ2n) is 7.28. The van der Waals surface area contributed by atoms with Crippen molar-refractivity contribution in [1.82, 2.24) is 15.2 Å². The molecule has 0 aliphatic carbocycles. The highest BCUT2D eigenvalue weighted by atomic mass is 19.1. The molecule has 1 aliphatic heterocycles. The zero-order chi connectivity index (χ0) is 20.2. The summed E-state index contributed by atoms with van der Waals surface area (Å²) in [6.45, 7) is 4.08. The molecule has 2 atom stereocenters. The Hall–Kier alpha value is -2.99. The molecule has 1 N–H and O–H groups in total. The van der Waals surface area contributed by atoms with E-state index in [4.69, 9.17) is 4.74 Å². The first-order chi connectivity index (χ1) is 14.1. The van der Waals surface area contributed by atoms with Gasteiger partial charge in [0.25, 0.3) is 0 Å². The molecule has 0 spiro atoms. The minimum absolute atomic E-state index is 0.0385. The van der Waals surface area contributed by atoms with Crippen molar-refractivity contribution in [2.75, 3.05) is 20.1 Å². The number of fused-ring (bicyclic) bond motifs is 1. The van der Waals surface area contributed by atoms with E-state index in [-0.39, 0.29) is 18.0 Å². The highest BCUT2D eigenvalue weighted by Gasteiger charge is 2.28. The fourth-order valence-electron chi connectivity index (χ4n) is 3.80. The van der Waals surface area contributed by atoms with E-state index in [1.54, 1.807) is 19.2 Å². The number of pyridine rings is 1. The molecule has 5 nitrogen and oxygen atoms in total. The minimum atomic E-state index is -0.240. The van der Waals surface area contributed by atoms with Crippen molar-refractivity contribution >= 4 is 16.9 Å². The van der Waals surface area contributed by atoms with Gasteiger partial charge in [0.2, 0.25) is 0 Å². The molecule has 1 aliphatic rings. The molecule has 150 valence electrons. The van der Waals surface area contributed by atoms with E-state index in [2.05, 4.69) is 38.4 Å². The number of para-hydroxylation sites is 1. The van der Waals surface area contributed by atoms with Crippen LogP contribution < -0.4 is 5.32 Å². The molecule has 1 aromatic heterocycles. The lowest BCUT2D eigenvalue weighted by Crippen LogP contribution is -2.50. The van der Waals surface area contributed by atoms with Gasteiger partial charge in [-0.1, -0.05) is 36.4 Å². The van der Waals surface area contributed by atoms with Gasteiger partial charge in [-0.25, -0.2) is 4.39 Å². The number of benzene rings is 2. The van der Waals surface area contributed by atoms with E-state index < -0.39 is 0 Å². The van der Waals surface area contributed by atoms with Crippen LogP contribution in [-0.2, 0) is 11.3 Å².